The first-order chi connectivity index (χ1) is 9.34. The van der Waals surface area contributed by atoms with E-state index in [9.17, 15) is 18.0 Å². The summed E-state index contributed by atoms with van der Waals surface area (Å²) in [6, 6.07) is 4.78. The van der Waals surface area contributed by atoms with Gasteiger partial charge in [-0.25, -0.2) is 0 Å². The van der Waals surface area contributed by atoms with Crippen molar-refractivity contribution in [2.24, 2.45) is 7.05 Å². The van der Waals surface area contributed by atoms with Crippen LogP contribution in [-0.2, 0) is 30.9 Å². The normalized spacial score (nSPS) is 11.6. The van der Waals surface area contributed by atoms with Gasteiger partial charge < -0.3 is 0 Å². The van der Waals surface area contributed by atoms with Crippen LogP contribution in [0.2, 0.25) is 0 Å². The van der Waals surface area contributed by atoms with Crippen LogP contribution in [0.3, 0.4) is 0 Å². The Morgan fingerprint density at radius 1 is 1.30 bits per heavy atom. The number of carbonyl (C=O) groups excluding carboxylic acids is 1. The largest absolute Gasteiger partial charge is 0.416 e. The lowest BCUT2D eigenvalue weighted by molar-refractivity contribution is -0.137. The molecule has 0 spiro atoms. The van der Waals surface area contributed by atoms with Gasteiger partial charge in [-0.3, -0.25) is 9.48 Å². The monoisotopic (exact) mass is 283 g/mol. The third-order valence-corrected chi connectivity index (χ3v) is 2.68. The number of aromatic nitrogens is 3. The zero-order valence-corrected chi connectivity index (χ0v) is 10.7. The highest BCUT2D eigenvalue weighted by Gasteiger charge is 2.30. The van der Waals surface area contributed by atoms with Crippen molar-refractivity contribution in [3.63, 3.8) is 0 Å². The van der Waals surface area contributed by atoms with E-state index in [4.69, 9.17) is 0 Å². The van der Waals surface area contributed by atoms with Crippen molar-refractivity contribution >= 4 is 5.78 Å². The summed E-state index contributed by atoms with van der Waals surface area (Å²) in [6.45, 7) is 0. The lowest BCUT2D eigenvalue weighted by atomic mass is 10.0. The zero-order chi connectivity index (χ0) is 14.8. The first-order valence-corrected chi connectivity index (χ1v) is 5.87. The summed E-state index contributed by atoms with van der Waals surface area (Å²) >= 11 is 0. The molecule has 0 bridgehead atoms. The molecule has 0 unspecified atom stereocenters. The Balaban J connectivity index is 2.04. The summed E-state index contributed by atoms with van der Waals surface area (Å²) in [6.07, 6.45) is -2.79. The number of benzene rings is 1. The van der Waals surface area contributed by atoms with Crippen LogP contribution < -0.4 is 0 Å². The van der Waals surface area contributed by atoms with Gasteiger partial charge in [-0.2, -0.15) is 13.2 Å². The van der Waals surface area contributed by atoms with Crippen LogP contribution >= 0.6 is 0 Å². The maximum atomic E-state index is 12.5. The van der Waals surface area contributed by atoms with Crippen LogP contribution in [0.1, 0.15) is 16.8 Å². The predicted molar refractivity (Wildman–Crippen MR) is 64.9 cm³/mol. The number of hydrogen-bond acceptors (Lipinski definition) is 3. The van der Waals surface area contributed by atoms with Crippen molar-refractivity contribution in [2.75, 3.05) is 0 Å². The van der Waals surface area contributed by atoms with Gasteiger partial charge in [0.25, 0.3) is 0 Å². The molecule has 0 radical (unpaired) electrons. The average molecular weight is 283 g/mol. The van der Waals surface area contributed by atoms with Gasteiger partial charge in [0.15, 0.2) is 0 Å². The summed E-state index contributed by atoms with van der Waals surface area (Å²) in [5.41, 5.74) is 0.0977. The van der Waals surface area contributed by atoms with Gasteiger partial charge in [0.2, 0.25) is 0 Å². The molecule has 0 amide bonds. The van der Waals surface area contributed by atoms with Crippen LogP contribution in [0, 0.1) is 0 Å². The van der Waals surface area contributed by atoms with Crippen molar-refractivity contribution in [3.05, 3.63) is 47.3 Å². The van der Waals surface area contributed by atoms with Gasteiger partial charge in [0.1, 0.15) is 5.78 Å². The fourth-order valence-electron chi connectivity index (χ4n) is 1.83. The van der Waals surface area contributed by atoms with E-state index in [2.05, 4.69) is 10.3 Å². The second kappa shape index (κ2) is 5.44. The molecule has 0 saturated heterocycles. The second-order valence-corrected chi connectivity index (χ2v) is 4.47. The molecule has 4 nitrogen and oxygen atoms in total. The molecule has 2 aromatic rings. The molecule has 1 aromatic carbocycles. The van der Waals surface area contributed by atoms with E-state index in [-0.39, 0.29) is 18.6 Å². The van der Waals surface area contributed by atoms with Crippen LogP contribution in [-0.4, -0.2) is 20.8 Å². The van der Waals surface area contributed by atoms with Crippen LogP contribution in [0.4, 0.5) is 13.2 Å². The number of Topliss-reactive ketones (excluding diaryl/α,β-unsaturated/α-hetero) is 1. The minimum Gasteiger partial charge on any atom is -0.299 e. The Hall–Kier alpha value is -2.18. The summed E-state index contributed by atoms with van der Waals surface area (Å²) < 4.78 is 39.1. The van der Waals surface area contributed by atoms with E-state index >= 15 is 0 Å². The summed E-state index contributed by atoms with van der Waals surface area (Å²) in [5, 5.41) is 7.46. The number of alkyl halides is 3. The average Bonchev–Trinajstić information content (AvgIpc) is 2.73. The smallest absolute Gasteiger partial charge is 0.299 e. The van der Waals surface area contributed by atoms with Crippen molar-refractivity contribution < 1.29 is 18.0 Å². The minimum absolute atomic E-state index is 0.0551. The van der Waals surface area contributed by atoms with Crippen LogP contribution in [0.5, 0.6) is 0 Å². The molecule has 0 saturated carbocycles. The number of hydrogen-bond donors (Lipinski definition) is 0. The molecular weight excluding hydrogens is 271 g/mol. The number of carbonyl (C=O) groups is 1. The molecule has 1 heterocycles. The van der Waals surface area contributed by atoms with Crippen molar-refractivity contribution in [1.29, 1.82) is 0 Å². The molecule has 0 fully saturated rings. The first kappa shape index (κ1) is 14.2. The Morgan fingerprint density at radius 3 is 2.65 bits per heavy atom. The third kappa shape index (κ3) is 3.66. The van der Waals surface area contributed by atoms with Gasteiger partial charge >= 0.3 is 6.18 Å². The molecule has 106 valence electrons. The topological polar surface area (TPSA) is 47.8 Å². The van der Waals surface area contributed by atoms with Gasteiger partial charge in [-0.05, 0) is 11.6 Å². The highest BCUT2D eigenvalue weighted by molar-refractivity contribution is 5.82. The van der Waals surface area contributed by atoms with Crippen LogP contribution in [0.25, 0.3) is 0 Å². The van der Waals surface area contributed by atoms with E-state index in [0.29, 0.717) is 11.3 Å². The van der Waals surface area contributed by atoms with E-state index in [0.717, 1.165) is 12.1 Å². The lowest BCUT2D eigenvalue weighted by Crippen LogP contribution is -2.09. The maximum Gasteiger partial charge on any atom is 0.416 e. The summed E-state index contributed by atoms with van der Waals surface area (Å²) in [7, 11) is 1.67. The zero-order valence-electron chi connectivity index (χ0n) is 10.7. The van der Waals surface area contributed by atoms with Crippen molar-refractivity contribution in [3.8, 4) is 0 Å². The highest BCUT2D eigenvalue weighted by atomic mass is 19.4. The summed E-state index contributed by atoms with van der Waals surface area (Å²) in [5.74, 6) is -0.204. The van der Waals surface area contributed by atoms with E-state index < -0.39 is 11.7 Å². The van der Waals surface area contributed by atoms with E-state index in [1.54, 1.807) is 13.2 Å². The third-order valence-electron chi connectivity index (χ3n) is 2.68. The number of halogens is 3. The van der Waals surface area contributed by atoms with E-state index in [1.807, 2.05) is 0 Å². The molecule has 0 aliphatic carbocycles. The number of nitrogens with zero attached hydrogens (tertiary/aromatic N) is 3. The second-order valence-electron chi connectivity index (χ2n) is 4.47. The summed E-state index contributed by atoms with van der Waals surface area (Å²) in [4.78, 5) is 11.8. The Labute approximate surface area is 113 Å². The number of aryl methyl sites for hydroxylation is 1. The molecule has 0 aliphatic rings. The number of ketones is 1. The quantitative estimate of drug-likeness (QED) is 0.864. The fourth-order valence-corrected chi connectivity index (χ4v) is 1.83. The van der Waals surface area contributed by atoms with Gasteiger partial charge in [-0.1, -0.05) is 23.4 Å². The van der Waals surface area contributed by atoms with Gasteiger partial charge in [-0.15, -0.1) is 5.10 Å². The lowest BCUT2D eigenvalue weighted by Gasteiger charge is -2.08. The van der Waals surface area contributed by atoms with Gasteiger partial charge in [0.05, 0.1) is 17.7 Å². The molecule has 0 N–H and O–H groups in total. The molecular formula is C13H12F3N3O. The Bertz CT molecular complexity index is 619. The molecule has 2 rings (SSSR count). The molecule has 0 aliphatic heterocycles. The van der Waals surface area contributed by atoms with Crippen molar-refractivity contribution in [1.82, 2.24) is 15.0 Å². The maximum absolute atomic E-state index is 12.5. The van der Waals surface area contributed by atoms with Crippen molar-refractivity contribution in [2.45, 2.75) is 19.0 Å². The number of rotatable bonds is 4. The molecule has 20 heavy (non-hydrogen) atoms. The van der Waals surface area contributed by atoms with E-state index in [1.165, 1.54) is 16.8 Å². The minimum atomic E-state index is -4.40. The fraction of sp³-hybridized carbons (Fsp3) is 0.308. The van der Waals surface area contributed by atoms with Gasteiger partial charge in [0, 0.05) is 19.7 Å². The van der Waals surface area contributed by atoms with Crippen LogP contribution in [0.15, 0.2) is 30.5 Å². The molecule has 7 heteroatoms. The standard InChI is InChI=1S/C13H12F3N3O/c1-19-8-11(17-18-19)7-12(20)6-9-3-2-4-10(5-9)13(14,15)16/h2-5,8H,6-7H2,1H3. The Morgan fingerprint density at radius 2 is 2.05 bits per heavy atom. The molecule has 0 atom stereocenters. The Kier molecular flexibility index (Phi) is 3.87. The molecule has 1 aromatic heterocycles. The first-order valence-electron chi connectivity index (χ1n) is 5.87. The SMILES string of the molecule is Cn1cc(CC(=O)Cc2cccc(C(F)(F)F)c2)nn1. The predicted octanol–water partition coefficient (Wildman–Crippen LogP) is 2.19. The highest BCUT2D eigenvalue weighted by Crippen LogP contribution is 2.29.